The number of halogens is 1. The summed E-state index contributed by atoms with van der Waals surface area (Å²) in [7, 11) is 3.79. The average Bonchev–Trinajstić information content (AvgIpc) is 3.67. The SMILES string of the molecule is [B]c1cnc(N2CCN(C(=N)c3c(Cl)cccc3NS(=O)(=O)c3ccc(S(=O)(=O)C(C)C)c([B])c3)C3(CC3)C2)nc1. The van der Waals surface area contributed by atoms with Crippen LogP contribution in [0.4, 0.5) is 11.6 Å². The van der Waals surface area contributed by atoms with Crippen molar-refractivity contribution in [3.63, 3.8) is 0 Å². The Balaban J connectivity index is 1.41. The molecule has 1 saturated heterocycles. The normalized spacial score (nSPS) is 16.7. The molecule has 1 aliphatic carbocycles. The number of benzene rings is 2. The van der Waals surface area contributed by atoms with E-state index in [1.165, 1.54) is 32.0 Å². The Morgan fingerprint density at radius 2 is 1.76 bits per heavy atom. The third kappa shape index (κ3) is 5.56. The van der Waals surface area contributed by atoms with Gasteiger partial charge in [-0.2, -0.15) is 0 Å². The van der Waals surface area contributed by atoms with Gasteiger partial charge in [0.15, 0.2) is 9.84 Å². The predicted octanol–water partition coefficient (Wildman–Crippen LogP) is 1.38. The lowest BCUT2D eigenvalue weighted by Gasteiger charge is -2.43. The quantitative estimate of drug-likeness (QED) is 0.233. The third-order valence-corrected chi connectivity index (χ3v) is 11.3. The zero-order valence-corrected chi connectivity index (χ0v) is 24.9. The number of sulfone groups is 1. The Bertz CT molecular complexity index is 1730. The first-order chi connectivity index (χ1) is 19.2. The summed E-state index contributed by atoms with van der Waals surface area (Å²) in [5.41, 5.74) is 0.345. The number of hydrogen-bond acceptors (Lipinski definition) is 8. The second kappa shape index (κ2) is 10.6. The van der Waals surface area contributed by atoms with Gasteiger partial charge < -0.3 is 9.80 Å². The first-order valence-electron chi connectivity index (χ1n) is 12.9. The molecule has 0 unspecified atom stereocenters. The summed E-state index contributed by atoms with van der Waals surface area (Å²) in [6.45, 7) is 4.66. The lowest BCUT2D eigenvalue weighted by atomic mass is 9.97. The molecule has 5 rings (SSSR count). The largest absolute Gasteiger partial charge is 0.347 e. The molecule has 0 amide bonds. The molecule has 1 aromatic heterocycles. The van der Waals surface area contributed by atoms with Gasteiger partial charge in [-0.1, -0.05) is 28.6 Å². The van der Waals surface area contributed by atoms with E-state index >= 15 is 0 Å². The molecule has 2 aromatic carbocycles. The topological polar surface area (TPSA) is 136 Å². The lowest BCUT2D eigenvalue weighted by molar-refractivity contribution is 0.257. The smallest absolute Gasteiger partial charge is 0.261 e. The summed E-state index contributed by atoms with van der Waals surface area (Å²) < 4.78 is 54.5. The highest BCUT2D eigenvalue weighted by atomic mass is 35.5. The van der Waals surface area contributed by atoms with E-state index in [9.17, 15) is 16.8 Å². The molecular formula is C26H27B2ClN6O4S2. The maximum Gasteiger partial charge on any atom is 0.261 e. The minimum Gasteiger partial charge on any atom is -0.347 e. The standard InChI is InChI=1S/C26H27B2ClN6O4S2/c1-16(2)40(36,37)22-7-6-18(12-19(22)28)41(38,39)33-21-5-3-4-20(29)23(21)24(30)35-11-10-34(15-26(35)8-9-26)25-31-13-17(27)14-32-25/h3-7,12-14,16,30,33H,8-11,15H2,1-2H3. The van der Waals surface area contributed by atoms with E-state index < -0.39 is 25.1 Å². The average molecular weight is 609 g/mol. The van der Waals surface area contributed by atoms with Crippen LogP contribution in [0.5, 0.6) is 0 Å². The van der Waals surface area contributed by atoms with E-state index in [4.69, 9.17) is 32.7 Å². The molecule has 1 saturated carbocycles. The second-order valence-corrected chi connectivity index (χ2v) is 15.1. The molecule has 1 aliphatic heterocycles. The third-order valence-electron chi connectivity index (χ3n) is 7.40. The molecule has 2 aliphatic rings. The monoisotopic (exact) mass is 608 g/mol. The molecular weight excluding hydrogens is 582 g/mol. The van der Waals surface area contributed by atoms with Crippen LogP contribution in [0, 0.1) is 5.41 Å². The van der Waals surface area contributed by atoms with Gasteiger partial charge in [0.05, 0.1) is 36.9 Å². The Labute approximate surface area is 247 Å². The van der Waals surface area contributed by atoms with Gasteiger partial charge in [0.25, 0.3) is 10.0 Å². The molecule has 2 fully saturated rings. The fraction of sp³-hybridized carbons (Fsp3) is 0.346. The van der Waals surface area contributed by atoms with Gasteiger partial charge in [0, 0.05) is 32.0 Å². The zero-order valence-electron chi connectivity index (χ0n) is 22.5. The first kappa shape index (κ1) is 29.4. The van der Waals surface area contributed by atoms with Crippen LogP contribution in [0.15, 0.2) is 58.6 Å². The van der Waals surface area contributed by atoms with Crippen LogP contribution in [0.1, 0.15) is 32.3 Å². The van der Waals surface area contributed by atoms with Gasteiger partial charge in [-0.3, -0.25) is 10.1 Å². The molecule has 2 heterocycles. The van der Waals surface area contributed by atoms with E-state index in [1.54, 1.807) is 24.5 Å². The van der Waals surface area contributed by atoms with E-state index in [0.717, 1.165) is 18.9 Å². The van der Waals surface area contributed by atoms with E-state index in [-0.39, 0.29) is 42.9 Å². The maximum absolute atomic E-state index is 13.4. The molecule has 210 valence electrons. The second-order valence-electron chi connectivity index (χ2n) is 10.5. The number of hydrogen-bond donors (Lipinski definition) is 2. The Kier molecular flexibility index (Phi) is 7.62. The van der Waals surface area contributed by atoms with Gasteiger partial charge >= 0.3 is 0 Å². The van der Waals surface area contributed by atoms with Crippen LogP contribution in [0.25, 0.3) is 0 Å². The van der Waals surface area contributed by atoms with Crippen molar-refractivity contribution in [2.45, 2.75) is 47.3 Å². The van der Waals surface area contributed by atoms with Gasteiger partial charge in [0.2, 0.25) is 5.95 Å². The van der Waals surface area contributed by atoms with Gasteiger partial charge in [-0.15, -0.1) is 0 Å². The highest BCUT2D eigenvalue weighted by Crippen LogP contribution is 2.46. The van der Waals surface area contributed by atoms with Crippen LogP contribution >= 0.6 is 11.6 Å². The predicted molar refractivity (Wildman–Crippen MR) is 162 cm³/mol. The minimum atomic E-state index is -4.22. The summed E-state index contributed by atoms with van der Waals surface area (Å²) in [6, 6.07) is 8.23. The van der Waals surface area contributed by atoms with E-state index in [2.05, 4.69) is 19.6 Å². The zero-order chi connectivity index (χ0) is 29.7. The first-order valence-corrected chi connectivity index (χ1v) is 16.3. The molecule has 0 bridgehead atoms. The Morgan fingerprint density at radius 1 is 1.07 bits per heavy atom. The molecule has 41 heavy (non-hydrogen) atoms. The highest BCUT2D eigenvalue weighted by Gasteiger charge is 2.53. The van der Waals surface area contributed by atoms with Crippen molar-refractivity contribution in [1.82, 2.24) is 14.9 Å². The number of nitrogens with one attached hydrogen (secondary N) is 2. The summed E-state index contributed by atoms with van der Waals surface area (Å²) in [5, 5.41) is 8.63. The molecule has 0 atom stereocenters. The van der Waals surface area contributed by atoms with Crippen molar-refractivity contribution < 1.29 is 16.8 Å². The van der Waals surface area contributed by atoms with Gasteiger partial charge in [-0.25, -0.2) is 26.8 Å². The number of rotatable bonds is 7. The fourth-order valence-electron chi connectivity index (χ4n) is 4.96. The highest BCUT2D eigenvalue weighted by molar-refractivity contribution is 7.93. The molecule has 3 aromatic rings. The van der Waals surface area contributed by atoms with Crippen LogP contribution < -0.4 is 20.5 Å². The Hall–Kier alpha value is -3.09. The molecule has 1 spiro atoms. The van der Waals surface area contributed by atoms with Crippen molar-refractivity contribution in [2.24, 2.45) is 0 Å². The summed E-state index contributed by atoms with van der Waals surface area (Å²) in [6.07, 6.45) is 4.81. The molecule has 4 radical (unpaired) electrons. The van der Waals surface area contributed by atoms with Crippen molar-refractivity contribution in [1.29, 1.82) is 5.41 Å². The summed E-state index contributed by atoms with van der Waals surface area (Å²) in [5.74, 6) is 0.663. The summed E-state index contributed by atoms with van der Waals surface area (Å²) >= 11 is 6.57. The van der Waals surface area contributed by atoms with Crippen LogP contribution in [0.3, 0.4) is 0 Å². The Morgan fingerprint density at radius 3 is 2.37 bits per heavy atom. The van der Waals surface area contributed by atoms with Crippen molar-refractivity contribution in [3.8, 4) is 0 Å². The van der Waals surface area contributed by atoms with Crippen molar-refractivity contribution in [2.75, 3.05) is 29.3 Å². The van der Waals surface area contributed by atoms with Crippen LogP contribution in [-0.4, -0.2) is 83.7 Å². The number of aromatic nitrogens is 2. The summed E-state index contributed by atoms with van der Waals surface area (Å²) in [4.78, 5) is 12.3. The van der Waals surface area contributed by atoms with Gasteiger partial charge in [-0.05, 0) is 57.0 Å². The minimum absolute atomic E-state index is 0.0987. The lowest BCUT2D eigenvalue weighted by Crippen LogP contribution is -2.57. The molecule has 15 heteroatoms. The van der Waals surface area contributed by atoms with Crippen molar-refractivity contribution in [3.05, 3.63) is 59.4 Å². The maximum atomic E-state index is 13.4. The van der Waals surface area contributed by atoms with Crippen LogP contribution in [0.2, 0.25) is 5.02 Å². The van der Waals surface area contributed by atoms with E-state index in [1.807, 2.05) is 4.90 Å². The van der Waals surface area contributed by atoms with Crippen LogP contribution in [-0.2, 0) is 19.9 Å². The number of amidine groups is 1. The number of piperazine rings is 1. The number of nitrogens with zero attached hydrogens (tertiary/aromatic N) is 4. The number of anilines is 2. The number of sulfonamides is 1. The fourth-order valence-corrected chi connectivity index (χ4v) is 7.48. The van der Waals surface area contributed by atoms with E-state index in [0.29, 0.717) is 31.0 Å². The molecule has 2 N–H and O–H groups in total. The van der Waals surface area contributed by atoms with Crippen molar-refractivity contribution >= 4 is 75.6 Å². The molecule has 10 nitrogen and oxygen atoms in total. The van der Waals surface area contributed by atoms with Gasteiger partial charge in [0.1, 0.15) is 21.5 Å².